The van der Waals surface area contributed by atoms with Crippen LogP contribution in [0.4, 0.5) is 0 Å². The molecule has 2 fully saturated rings. The summed E-state index contributed by atoms with van der Waals surface area (Å²) in [5, 5.41) is 0. The zero-order valence-electron chi connectivity index (χ0n) is 12.1. The van der Waals surface area contributed by atoms with Gasteiger partial charge in [-0.2, -0.15) is 0 Å². The van der Waals surface area contributed by atoms with Crippen molar-refractivity contribution < 1.29 is 9.53 Å². The number of hydrogen-bond acceptors (Lipinski definition) is 2. The number of hydrogen-bond donors (Lipinski definition) is 0. The molecule has 0 saturated heterocycles. The zero-order chi connectivity index (χ0) is 13.8. The maximum Gasteiger partial charge on any atom is 0.165 e. The summed E-state index contributed by atoms with van der Waals surface area (Å²) in [7, 11) is 0. The maximum atomic E-state index is 12.6. The molecule has 2 saturated carbocycles. The van der Waals surface area contributed by atoms with Gasteiger partial charge in [0.1, 0.15) is 5.75 Å². The molecule has 20 heavy (non-hydrogen) atoms. The minimum Gasteiger partial charge on any atom is -0.490 e. The van der Waals surface area contributed by atoms with E-state index in [1.165, 1.54) is 44.9 Å². The number of Topliss-reactive ketones (excluding diaryl/α,β-unsaturated/α-hetero) is 1. The number of carbonyl (C=O) groups is 1. The molecule has 0 radical (unpaired) electrons. The van der Waals surface area contributed by atoms with Gasteiger partial charge in [0.15, 0.2) is 5.78 Å². The van der Waals surface area contributed by atoms with Crippen molar-refractivity contribution in [1.82, 2.24) is 0 Å². The van der Waals surface area contributed by atoms with Crippen molar-refractivity contribution in [1.29, 1.82) is 0 Å². The predicted octanol–water partition coefficient (Wildman–Crippen LogP) is 4.77. The van der Waals surface area contributed by atoms with Gasteiger partial charge in [-0.05, 0) is 49.9 Å². The van der Waals surface area contributed by atoms with Gasteiger partial charge in [0.2, 0.25) is 0 Å². The van der Waals surface area contributed by atoms with Gasteiger partial charge in [0, 0.05) is 11.5 Å². The summed E-state index contributed by atoms with van der Waals surface area (Å²) in [5.41, 5.74) is 0.860. The normalized spacial score (nSPS) is 21.0. The van der Waals surface area contributed by atoms with Crippen LogP contribution in [0, 0.1) is 5.92 Å². The third-order valence-corrected chi connectivity index (χ3v) is 4.44. The standard InChI is InChI=1S/C18H24O2/c19-18(14-6-4-2-1-3-5-7-14)15-8-10-16(11-9-15)20-17-12-13-17/h8-11,14,17H,1-7,12-13H2. The molecule has 2 nitrogen and oxygen atoms in total. The fraction of sp³-hybridized carbons (Fsp3) is 0.611. The summed E-state index contributed by atoms with van der Waals surface area (Å²) in [6.45, 7) is 0. The van der Waals surface area contributed by atoms with Crippen LogP contribution < -0.4 is 4.74 Å². The van der Waals surface area contributed by atoms with E-state index in [1.807, 2.05) is 24.3 Å². The Morgan fingerprint density at radius 3 is 2.05 bits per heavy atom. The Kier molecular flexibility index (Phi) is 4.39. The molecule has 0 atom stereocenters. The van der Waals surface area contributed by atoms with Crippen LogP contribution in [-0.2, 0) is 0 Å². The highest BCUT2D eigenvalue weighted by Crippen LogP contribution is 2.28. The molecule has 2 aliphatic carbocycles. The molecule has 1 aromatic carbocycles. The van der Waals surface area contributed by atoms with E-state index in [2.05, 4.69) is 0 Å². The van der Waals surface area contributed by atoms with Gasteiger partial charge in [-0.1, -0.05) is 32.1 Å². The average Bonchev–Trinajstić information content (AvgIpc) is 3.23. The van der Waals surface area contributed by atoms with Crippen LogP contribution in [0.25, 0.3) is 0 Å². The fourth-order valence-corrected chi connectivity index (χ4v) is 3.03. The van der Waals surface area contributed by atoms with Gasteiger partial charge < -0.3 is 4.74 Å². The Balaban J connectivity index is 1.62. The Bertz CT molecular complexity index is 437. The lowest BCUT2D eigenvalue weighted by Gasteiger charge is -2.18. The Labute approximate surface area is 121 Å². The van der Waals surface area contributed by atoms with Crippen molar-refractivity contribution in [2.75, 3.05) is 0 Å². The summed E-state index contributed by atoms with van der Waals surface area (Å²) < 4.78 is 5.73. The monoisotopic (exact) mass is 272 g/mol. The maximum absolute atomic E-state index is 12.6. The fourth-order valence-electron chi connectivity index (χ4n) is 3.03. The van der Waals surface area contributed by atoms with Crippen LogP contribution >= 0.6 is 0 Å². The van der Waals surface area contributed by atoms with Crippen molar-refractivity contribution in [2.45, 2.75) is 63.9 Å². The van der Waals surface area contributed by atoms with Gasteiger partial charge in [0.05, 0.1) is 6.10 Å². The van der Waals surface area contributed by atoms with E-state index in [-0.39, 0.29) is 5.92 Å². The number of rotatable bonds is 4. The van der Waals surface area contributed by atoms with Crippen molar-refractivity contribution in [3.63, 3.8) is 0 Å². The van der Waals surface area contributed by atoms with E-state index in [1.54, 1.807) is 0 Å². The molecule has 0 spiro atoms. The molecule has 0 N–H and O–H groups in total. The molecule has 2 heteroatoms. The highest BCUT2D eigenvalue weighted by Gasteiger charge is 2.24. The van der Waals surface area contributed by atoms with E-state index in [9.17, 15) is 4.79 Å². The quantitative estimate of drug-likeness (QED) is 0.738. The number of carbonyl (C=O) groups excluding carboxylic acids is 1. The zero-order valence-corrected chi connectivity index (χ0v) is 12.1. The van der Waals surface area contributed by atoms with Crippen molar-refractivity contribution in [2.24, 2.45) is 5.92 Å². The van der Waals surface area contributed by atoms with Crippen LogP contribution in [-0.4, -0.2) is 11.9 Å². The minimum atomic E-state index is 0.241. The third-order valence-electron chi connectivity index (χ3n) is 4.44. The van der Waals surface area contributed by atoms with Crippen molar-refractivity contribution >= 4 is 5.78 Å². The molecule has 0 aliphatic heterocycles. The van der Waals surface area contributed by atoms with E-state index in [4.69, 9.17) is 4.74 Å². The number of ether oxygens (including phenoxy) is 1. The second-order valence-corrected chi connectivity index (χ2v) is 6.25. The summed E-state index contributed by atoms with van der Waals surface area (Å²) in [6, 6.07) is 7.79. The Hall–Kier alpha value is -1.31. The third kappa shape index (κ3) is 3.62. The lowest BCUT2D eigenvalue weighted by molar-refractivity contribution is 0.0898. The first-order chi connectivity index (χ1) is 9.83. The first-order valence-corrected chi connectivity index (χ1v) is 8.14. The van der Waals surface area contributed by atoms with E-state index in [0.29, 0.717) is 11.9 Å². The molecule has 0 unspecified atom stereocenters. The highest BCUT2D eigenvalue weighted by molar-refractivity contribution is 5.97. The summed E-state index contributed by atoms with van der Waals surface area (Å²) >= 11 is 0. The second-order valence-electron chi connectivity index (χ2n) is 6.25. The highest BCUT2D eigenvalue weighted by atomic mass is 16.5. The van der Waals surface area contributed by atoms with Crippen molar-refractivity contribution in [3.05, 3.63) is 29.8 Å². The van der Waals surface area contributed by atoms with Gasteiger partial charge in [0.25, 0.3) is 0 Å². The molecule has 1 aromatic rings. The molecule has 108 valence electrons. The predicted molar refractivity (Wildman–Crippen MR) is 80.2 cm³/mol. The minimum absolute atomic E-state index is 0.241. The van der Waals surface area contributed by atoms with Gasteiger partial charge in [-0.3, -0.25) is 4.79 Å². The topological polar surface area (TPSA) is 26.3 Å². The first kappa shape index (κ1) is 13.7. The SMILES string of the molecule is O=C(c1ccc(OC2CC2)cc1)C1CCCCCCC1. The van der Waals surface area contributed by atoms with Crippen LogP contribution in [0.2, 0.25) is 0 Å². The van der Waals surface area contributed by atoms with Gasteiger partial charge in [-0.25, -0.2) is 0 Å². The summed E-state index contributed by atoms with van der Waals surface area (Å²) in [6.07, 6.45) is 11.2. The van der Waals surface area contributed by atoms with Crippen LogP contribution in [0.5, 0.6) is 5.75 Å². The largest absolute Gasteiger partial charge is 0.490 e. The van der Waals surface area contributed by atoms with Crippen LogP contribution in [0.1, 0.15) is 68.1 Å². The molecular weight excluding hydrogens is 248 g/mol. The van der Waals surface area contributed by atoms with Gasteiger partial charge >= 0.3 is 0 Å². The lowest BCUT2D eigenvalue weighted by Crippen LogP contribution is -2.16. The van der Waals surface area contributed by atoms with E-state index in [0.717, 1.165) is 24.2 Å². The van der Waals surface area contributed by atoms with Crippen molar-refractivity contribution in [3.8, 4) is 5.75 Å². The molecule has 0 amide bonds. The first-order valence-electron chi connectivity index (χ1n) is 8.14. The number of benzene rings is 1. The summed E-state index contributed by atoms with van der Waals surface area (Å²) in [4.78, 5) is 12.6. The molecule has 0 heterocycles. The average molecular weight is 272 g/mol. The van der Waals surface area contributed by atoms with Crippen LogP contribution in [0.15, 0.2) is 24.3 Å². The Morgan fingerprint density at radius 2 is 1.45 bits per heavy atom. The second kappa shape index (κ2) is 6.43. The number of ketones is 1. The Morgan fingerprint density at radius 1 is 0.850 bits per heavy atom. The van der Waals surface area contributed by atoms with E-state index < -0.39 is 0 Å². The molecule has 0 bridgehead atoms. The molecule has 3 rings (SSSR count). The van der Waals surface area contributed by atoms with Gasteiger partial charge in [-0.15, -0.1) is 0 Å². The smallest absolute Gasteiger partial charge is 0.165 e. The molecular formula is C18H24O2. The molecule has 0 aromatic heterocycles. The summed E-state index contributed by atoms with van der Waals surface area (Å²) in [5.74, 6) is 1.48. The lowest BCUT2D eigenvalue weighted by atomic mass is 9.86. The van der Waals surface area contributed by atoms with Crippen LogP contribution in [0.3, 0.4) is 0 Å². The van der Waals surface area contributed by atoms with E-state index >= 15 is 0 Å². The molecule has 2 aliphatic rings.